The molecule has 3 aromatic rings. The van der Waals surface area contributed by atoms with E-state index in [1.165, 1.54) is 30.4 Å². The van der Waals surface area contributed by atoms with Crippen molar-refractivity contribution in [2.24, 2.45) is 0 Å². The maximum absolute atomic E-state index is 11.0. The summed E-state index contributed by atoms with van der Waals surface area (Å²) in [6.07, 6.45) is 8.65. The van der Waals surface area contributed by atoms with Crippen LogP contribution in [0.1, 0.15) is 84.4 Å². The van der Waals surface area contributed by atoms with Crippen molar-refractivity contribution in [1.29, 1.82) is 0 Å². The minimum absolute atomic E-state index is 0.187. The first-order valence-electron chi connectivity index (χ1n) is 13.7. The Morgan fingerprint density at radius 2 is 1.16 bits per heavy atom. The van der Waals surface area contributed by atoms with Crippen molar-refractivity contribution in [3.63, 3.8) is 0 Å². The van der Waals surface area contributed by atoms with E-state index in [9.17, 15) is 4.79 Å². The van der Waals surface area contributed by atoms with Crippen LogP contribution < -0.4 is 10.6 Å². The van der Waals surface area contributed by atoms with Crippen LogP contribution in [0, 0.1) is 13.8 Å². The fraction of sp³-hybridized carbons (Fsp3) is 0.382. The Bertz CT molecular complexity index is 922. The Labute approximate surface area is 231 Å². The SMILES string of the molecule is CC.CC.CC(=O)Cc1ccc(Nc2ccc(P)cc2)cc1.CC/C=C\CCC.Cc1ccc(C)cc1. The molecule has 1 unspecified atom stereocenters. The highest BCUT2D eigenvalue weighted by molar-refractivity contribution is 7.27. The highest BCUT2D eigenvalue weighted by Gasteiger charge is 1.98. The van der Waals surface area contributed by atoms with Gasteiger partial charge < -0.3 is 5.32 Å². The minimum atomic E-state index is 0.187. The van der Waals surface area contributed by atoms with Gasteiger partial charge in [-0.3, -0.25) is 4.79 Å². The van der Waals surface area contributed by atoms with Crippen LogP contribution in [0.4, 0.5) is 11.4 Å². The summed E-state index contributed by atoms with van der Waals surface area (Å²) in [5.74, 6) is 0.187. The lowest BCUT2D eigenvalue weighted by Crippen LogP contribution is -1.97. The molecule has 0 aliphatic rings. The second-order valence-electron chi connectivity index (χ2n) is 8.15. The van der Waals surface area contributed by atoms with Crippen molar-refractivity contribution in [2.45, 2.75) is 88.0 Å². The average molecular weight is 522 g/mol. The normalized spacial score (nSPS) is 9.24. The van der Waals surface area contributed by atoms with Crippen LogP contribution in [0.3, 0.4) is 0 Å². The largest absolute Gasteiger partial charge is 0.356 e. The topological polar surface area (TPSA) is 29.1 Å². The zero-order chi connectivity index (χ0) is 28.5. The van der Waals surface area contributed by atoms with Gasteiger partial charge in [-0.05, 0) is 68.7 Å². The van der Waals surface area contributed by atoms with Crippen LogP contribution in [-0.2, 0) is 11.2 Å². The molecule has 0 amide bonds. The Morgan fingerprint density at radius 1 is 0.730 bits per heavy atom. The summed E-state index contributed by atoms with van der Waals surface area (Å²) in [6, 6.07) is 24.6. The number of rotatable bonds is 7. The molecule has 204 valence electrons. The molecule has 0 bridgehead atoms. The Morgan fingerprint density at radius 3 is 1.54 bits per heavy atom. The number of allylic oxidation sites excluding steroid dienone is 2. The Balaban J connectivity index is 0. The first-order valence-corrected chi connectivity index (χ1v) is 14.3. The van der Waals surface area contributed by atoms with Gasteiger partial charge in [-0.2, -0.15) is 0 Å². The van der Waals surface area contributed by atoms with Crippen molar-refractivity contribution in [2.75, 3.05) is 5.32 Å². The van der Waals surface area contributed by atoms with Crippen molar-refractivity contribution in [3.05, 3.63) is 102 Å². The number of carbonyl (C=O) groups excluding carboxylic acids is 1. The lowest BCUT2D eigenvalue weighted by Gasteiger charge is -2.07. The van der Waals surface area contributed by atoms with Gasteiger partial charge in [-0.25, -0.2) is 0 Å². The molecule has 0 fully saturated rings. The van der Waals surface area contributed by atoms with E-state index >= 15 is 0 Å². The number of aryl methyl sites for hydroxylation is 2. The molecule has 0 aliphatic heterocycles. The fourth-order valence-electron chi connectivity index (χ4n) is 2.81. The lowest BCUT2D eigenvalue weighted by atomic mass is 10.1. The summed E-state index contributed by atoms with van der Waals surface area (Å²) < 4.78 is 0. The molecule has 0 aromatic heterocycles. The second kappa shape index (κ2) is 25.0. The van der Waals surface area contributed by atoms with E-state index in [0.29, 0.717) is 6.42 Å². The number of benzene rings is 3. The van der Waals surface area contributed by atoms with Gasteiger partial charge in [0.2, 0.25) is 0 Å². The van der Waals surface area contributed by atoms with Crippen molar-refractivity contribution in [1.82, 2.24) is 0 Å². The number of nitrogens with one attached hydrogen (secondary N) is 1. The van der Waals surface area contributed by atoms with Crippen molar-refractivity contribution >= 4 is 31.7 Å². The van der Waals surface area contributed by atoms with Gasteiger partial charge in [0.25, 0.3) is 0 Å². The number of carbonyl (C=O) groups is 1. The van der Waals surface area contributed by atoms with Crippen LogP contribution in [0.15, 0.2) is 84.9 Å². The molecule has 0 heterocycles. The highest BCUT2D eigenvalue weighted by atomic mass is 31.0. The quantitative estimate of drug-likeness (QED) is 0.247. The molecule has 3 heteroatoms. The molecule has 0 saturated carbocycles. The van der Waals surface area contributed by atoms with E-state index < -0.39 is 0 Å². The number of hydrogen-bond acceptors (Lipinski definition) is 2. The maximum Gasteiger partial charge on any atom is 0.134 e. The molecule has 0 aliphatic carbocycles. The predicted molar refractivity (Wildman–Crippen MR) is 173 cm³/mol. The van der Waals surface area contributed by atoms with E-state index in [2.05, 4.69) is 78.7 Å². The van der Waals surface area contributed by atoms with E-state index in [1.807, 2.05) is 76.2 Å². The summed E-state index contributed by atoms with van der Waals surface area (Å²) in [7, 11) is 2.66. The molecule has 3 aromatic carbocycles. The van der Waals surface area contributed by atoms with Gasteiger partial charge in [0.1, 0.15) is 5.78 Å². The number of Topliss-reactive ketones (excluding diaryl/α,β-unsaturated/α-hetero) is 1. The highest BCUT2D eigenvalue weighted by Crippen LogP contribution is 2.17. The third kappa shape index (κ3) is 21.1. The summed E-state index contributed by atoms with van der Waals surface area (Å²) >= 11 is 0. The molecular formula is C34H52NOP. The third-order valence-electron chi connectivity index (χ3n) is 4.68. The fourth-order valence-corrected chi connectivity index (χ4v) is 3.01. The van der Waals surface area contributed by atoms with Gasteiger partial charge in [-0.1, -0.05) is 120 Å². The predicted octanol–water partition coefficient (Wildman–Crippen LogP) is 10.2. The molecule has 37 heavy (non-hydrogen) atoms. The zero-order valence-electron chi connectivity index (χ0n) is 24.9. The van der Waals surface area contributed by atoms with E-state index in [-0.39, 0.29) is 5.78 Å². The van der Waals surface area contributed by atoms with Crippen molar-refractivity contribution in [3.8, 4) is 0 Å². The van der Waals surface area contributed by atoms with Gasteiger partial charge in [0.05, 0.1) is 0 Å². The molecule has 1 N–H and O–H groups in total. The Kier molecular flexibility index (Phi) is 24.6. The molecular weight excluding hydrogens is 469 g/mol. The smallest absolute Gasteiger partial charge is 0.134 e. The number of ketones is 1. The molecule has 3 rings (SSSR count). The lowest BCUT2D eigenvalue weighted by molar-refractivity contribution is -0.116. The van der Waals surface area contributed by atoms with Crippen molar-refractivity contribution < 1.29 is 4.79 Å². The minimum Gasteiger partial charge on any atom is -0.356 e. The van der Waals surface area contributed by atoms with Gasteiger partial charge in [-0.15, -0.1) is 9.24 Å². The summed E-state index contributed by atoms with van der Waals surface area (Å²) in [5.41, 5.74) is 5.79. The first-order chi connectivity index (χ1) is 17.8. The summed E-state index contributed by atoms with van der Waals surface area (Å²) in [4.78, 5) is 11.0. The summed E-state index contributed by atoms with van der Waals surface area (Å²) in [5, 5.41) is 4.48. The van der Waals surface area contributed by atoms with Gasteiger partial charge >= 0.3 is 0 Å². The van der Waals surface area contributed by atoms with Crippen LogP contribution >= 0.6 is 9.24 Å². The maximum atomic E-state index is 11.0. The van der Waals surface area contributed by atoms with Crippen LogP contribution in [0.2, 0.25) is 0 Å². The molecule has 0 radical (unpaired) electrons. The standard InChI is InChI=1S/C15H16NOP.C8H10.C7H14.2C2H6/c1-11(17)10-12-2-4-13(5-3-12)16-14-6-8-15(18)9-7-14;1-7-3-5-8(2)6-4-7;1-3-5-7-6-4-2;2*1-2/h2-9,16H,10,18H2,1H3;3-6H,1-2H3;5,7H,3-4,6H2,1-2H3;2*1-2H3/b;;7-5-;;. The third-order valence-corrected chi connectivity index (χ3v) is 5.07. The average Bonchev–Trinajstić information content (AvgIpc) is 2.91. The van der Waals surface area contributed by atoms with E-state index in [4.69, 9.17) is 0 Å². The second-order valence-corrected chi connectivity index (χ2v) is 8.81. The molecule has 0 saturated heterocycles. The zero-order valence-corrected chi connectivity index (χ0v) is 26.1. The van der Waals surface area contributed by atoms with Gasteiger partial charge in [0.15, 0.2) is 0 Å². The monoisotopic (exact) mass is 521 g/mol. The van der Waals surface area contributed by atoms with Crippen LogP contribution in [-0.4, -0.2) is 5.78 Å². The van der Waals surface area contributed by atoms with Gasteiger partial charge in [0, 0.05) is 17.8 Å². The van der Waals surface area contributed by atoms with Crippen LogP contribution in [0.25, 0.3) is 0 Å². The molecule has 1 atom stereocenters. The Hall–Kier alpha value is -2.70. The van der Waals surface area contributed by atoms with E-state index in [0.717, 1.165) is 22.2 Å². The molecule has 2 nitrogen and oxygen atoms in total. The number of unbranched alkanes of at least 4 members (excludes halogenated alkanes) is 1. The molecule has 0 spiro atoms. The first kappa shape index (κ1) is 36.5. The number of hydrogen-bond donors (Lipinski definition) is 1. The van der Waals surface area contributed by atoms with Crippen LogP contribution in [0.5, 0.6) is 0 Å². The summed E-state index contributed by atoms with van der Waals surface area (Å²) in [6.45, 7) is 18.2. The number of anilines is 2. The van der Waals surface area contributed by atoms with E-state index in [1.54, 1.807) is 6.92 Å².